The summed E-state index contributed by atoms with van der Waals surface area (Å²) >= 11 is 1.03. The van der Waals surface area contributed by atoms with E-state index in [2.05, 4.69) is 25.8 Å². The van der Waals surface area contributed by atoms with Crippen LogP contribution >= 0.6 is 11.8 Å². The predicted octanol–water partition coefficient (Wildman–Crippen LogP) is 3.44. The average Bonchev–Trinajstić information content (AvgIpc) is 2.76. The first kappa shape index (κ1) is 22.2. The molecule has 31 heavy (non-hydrogen) atoms. The van der Waals surface area contributed by atoms with E-state index in [-0.39, 0.29) is 22.7 Å². The van der Waals surface area contributed by atoms with Crippen LogP contribution in [0, 0.1) is 5.82 Å². The number of aromatic amines is 1. The molecule has 1 atom stereocenters. The summed E-state index contributed by atoms with van der Waals surface area (Å²) in [6, 6.07) is 12.2. The van der Waals surface area contributed by atoms with Crippen LogP contribution in [0.15, 0.2) is 58.5 Å². The lowest BCUT2D eigenvalue weighted by Gasteiger charge is -2.12. The molecule has 1 aromatic heterocycles. The van der Waals surface area contributed by atoms with E-state index < -0.39 is 16.6 Å². The van der Waals surface area contributed by atoms with Crippen LogP contribution in [-0.2, 0) is 9.59 Å². The van der Waals surface area contributed by atoms with Crippen molar-refractivity contribution in [3.63, 3.8) is 0 Å². The number of halogens is 1. The maximum Gasteiger partial charge on any atom is 0.278 e. The molecule has 0 radical (unpaired) electrons. The summed E-state index contributed by atoms with van der Waals surface area (Å²) in [5.41, 5.74) is 0.916. The summed E-state index contributed by atoms with van der Waals surface area (Å²) in [6.07, 6.45) is 0.295. The van der Waals surface area contributed by atoms with Crippen molar-refractivity contribution in [2.75, 3.05) is 10.6 Å². The molecule has 1 heterocycles. The van der Waals surface area contributed by atoms with Crippen LogP contribution in [0.3, 0.4) is 0 Å². The summed E-state index contributed by atoms with van der Waals surface area (Å²) in [5, 5.41) is 13.0. The molecule has 1 unspecified atom stereocenters. The van der Waals surface area contributed by atoms with Crippen molar-refractivity contribution in [3.05, 3.63) is 64.7 Å². The fourth-order valence-electron chi connectivity index (χ4n) is 2.59. The van der Waals surface area contributed by atoms with Crippen LogP contribution in [0.4, 0.5) is 15.8 Å². The summed E-state index contributed by atoms with van der Waals surface area (Å²) in [5.74, 6) is -0.926. The number of benzene rings is 2. The number of rotatable bonds is 7. The van der Waals surface area contributed by atoms with E-state index in [1.807, 2.05) is 0 Å². The van der Waals surface area contributed by atoms with Crippen LogP contribution in [0.2, 0.25) is 0 Å². The molecule has 0 spiro atoms. The number of hydrogen-bond acceptors (Lipinski definition) is 6. The van der Waals surface area contributed by atoms with Crippen LogP contribution in [0.25, 0.3) is 11.3 Å². The van der Waals surface area contributed by atoms with Crippen molar-refractivity contribution in [1.29, 1.82) is 0 Å². The Labute approximate surface area is 181 Å². The van der Waals surface area contributed by atoms with Crippen molar-refractivity contribution < 1.29 is 14.0 Å². The van der Waals surface area contributed by atoms with Gasteiger partial charge in [-0.15, -0.1) is 10.2 Å². The van der Waals surface area contributed by atoms with Gasteiger partial charge in [-0.3, -0.25) is 19.4 Å². The van der Waals surface area contributed by atoms with Crippen LogP contribution in [0.1, 0.15) is 20.3 Å². The van der Waals surface area contributed by atoms with Gasteiger partial charge in [0.15, 0.2) is 10.9 Å². The minimum atomic E-state index is -0.600. The van der Waals surface area contributed by atoms with Gasteiger partial charge in [0, 0.05) is 17.7 Å². The summed E-state index contributed by atoms with van der Waals surface area (Å²) < 4.78 is 13.0. The summed E-state index contributed by atoms with van der Waals surface area (Å²) in [4.78, 5) is 39.3. The Morgan fingerprint density at radius 3 is 2.48 bits per heavy atom. The standard InChI is InChI=1S/C21H20FN5O3S/c1-3-17(28)24-16-7-5-4-6-15(16)18-20(30)25-21(27-26-18)31-12(2)19(29)23-14-10-8-13(22)9-11-14/h4-12H,3H2,1-2H3,(H,23,29)(H,24,28)(H,25,27,30). The highest BCUT2D eigenvalue weighted by Crippen LogP contribution is 2.25. The molecule has 160 valence electrons. The van der Waals surface area contributed by atoms with E-state index in [0.717, 1.165) is 11.8 Å². The van der Waals surface area contributed by atoms with Gasteiger partial charge >= 0.3 is 0 Å². The lowest BCUT2D eigenvalue weighted by molar-refractivity contribution is -0.116. The molecule has 2 aromatic carbocycles. The number of carbonyl (C=O) groups excluding carboxylic acids is 2. The van der Waals surface area contributed by atoms with Crippen molar-refractivity contribution in [2.24, 2.45) is 0 Å². The zero-order valence-corrected chi connectivity index (χ0v) is 17.6. The second-order valence-electron chi connectivity index (χ2n) is 6.51. The Hall–Kier alpha value is -3.53. The highest BCUT2D eigenvalue weighted by Gasteiger charge is 2.18. The van der Waals surface area contributed by atoms with Gasteiger partial charge in [-0.1, -0.05) is 36.9 Å². The fraction of sp³-hybridized carbons (Fsp3) is 0.190. The summed E-state index contributed by atoms with van der Waals surface area (Å²) in [6.45, 7) is 3.37. The fourth-order valence-corrected chi connectivity index (χ4v) is 3.33. The predicted molar refractivity (Wildman–Crippen MR) is 117 cm³/mol. The van der Waals surface area contributed by atoms with Crippen LogP contribution < -0.4 is 16.2 Å². The van der Waals surface area contributed by atoms with E-state index in [4.69, 9.17) is 0 Å². The lowest BCUT2D eigenvalue weighted by atomic mass is 10.1. The van der Waals surface area contributed by atoms with Gasteiger partial charge in [0.2, 0.25) is 11.8 Å². The molecule has 0 fully saturated rings. The quantitative estimate of drug-likeness (QED) is 0.484. The number of nitrogens with zero attached hydrogens (tertiary/aromatic N) is 2. The highest BCUT2D eigenvalue weighted by molar-refractivity contribution is 8.00. The third-order valence-electron chi connectivity index (χ3n) is 4.22. The second-order valence-corrected chi connectivity index (χ2v) is 7.84. The van der Waals surface area contributed by atoms with E-state index in [9.17, 15) is 18.8 Å². The third-order valence-corrected chi connectivity index (χ3v) is 5.20. The lowest BCUT2D eigenvalue weighted by Crippen LogP contribution is -2.23. The first-order valence-electron chi connectivity index (χ1n) is 9.46. The molecule has 3 rings (SSSR count). The van der Waals surface area contributed by atoms with Gasteiger partial charge in [-0.25, -0.2) is 4.39 Å². The molecule has 0 saturated carbocycles. The van der Waals surface area contributed by atoms with Crippen molar-refractivity contribution in [1.82, 2.24) is 15.2 Å². The number of H-pyrrole nitrogens is 1. The topological polar surface area (TPSA) is 117 Å². The summed E-state index contributed by atoms with van der Waals surface area (Å²) in [7, 11) is 0. The van der Waals surface area contributed by atoms with Gasteiger partial charge in [-0.2, -0.15) is 0 Å². The third kappa shape index (κ3) is 5.76. The number of aromatic nitrogens is 3. The Morgan fingerprint density at radius 2 is 1.81 bits per heavy atom. The van der Waals surface area contributed by atoms with Gasteiger partial charge in [0.05, 0.1) is 10.9 Å². The van der Waals surface area contributed by atoms with Gasteiger partial charge in [0.1, 0.15) is 5.82 Å². The molecule has 0 saturated heterocycles. The number of anilines is 2. The van der Waals surface area contributed by atoms with Crippen molar-refractivity contribution in [3.8, 4) is 11.3 Å². The van der Waals surface area contributed by atoms with Crippen molar-refractivity contribution >= 4 is 35.0 Å². The first-order chi connectivity index (χ1) is 14.9. The number of thioether (sulfide) groups is 1. The van der Waals surface area contributed by atoms with E-state index in [1.54, 1.807) is 38.1 Å². The normalized spacial score (nSPS) is 11.6. The molecule has 2 amide bonds. The van der Waals surface area contributed by atoms with Crippen molar-refractivity contribution in [2.45, 2.75) is 30.7 Å². The van der Waals surface area contributed by atoms with E-state index >= 15 is 0 Å². The van der Waals surface area contributed by atoms with E-state index in [1.165, 1.54) is 24.3 Å². The number of para-hydroxylation sites is 1. The van der Waals surface area contributed by atoms with E-state index in [0.29, 0.717) is 23.4 Å². The number of nitrogens with one attached hydrogen (secondary N) is 3. The highest BCUT2D eigenvalue weighted by atomic mass is 32.2. The zero-order valence-electron chi connectivity index (χ0n) is 16.8. The molecule has 3 N–H and O–H groups in total. The first-order valence-corrected chi connectivity index (χ1v) is 10.3. The molecular weight excluding hydrogens is 421 g/mol. The van der Waals surface area contributed by atoms with Crippen LogP contribution in [0.5, 0.6) is 0 Å². The Morgan fingerprint density at radius 1 is 1.10 bits per heavy atom. The maximum absolute atomic E-state index is 13.0. The maximum atomic E-state index is 13.0. The minimum absolute atomic E-state index is 0.0553. The van der Waals surface area contributed by atoms with Crippen LogP contribution in [-0.4, -0.2) is 32.2 Å². The second kappa shape index (κ2) is 9.98. The molecule has 10 heteroatoms. The molecule has 0 aliphatic heterocycles. The number of hydrogen-bond donors (Lipinski definition) is 3. The van der Waals surface area contributed by atoms with Gasteiger partial charge < -0.3 is 10.6 Å². The molecule has 0 bridgehead atoms. The molecule has 3 aromatic rings. The Balaban J connectivity index is 1.74. The number of amides is 2. The minimum Gasteiger partial charge on any atom is -0.325 e. The largest absolute Gasteiger partial charge is 0.325 e. The molecular formula is C21H20FN5O3S. The monoisotopic (exact) mass is 441 g/mol. The Kier molecular flexibility index (Phi) is 7.14. The molecule has 8 nitrogen and oxygen atoms in total. The molecule has 0 aliphatic carbocycles. The zero-order chi connectivity index (χ0) is 22.4. The van der Waals surface area contributed by atoms with Gasteiger partial charge in [0.25, 0.3) is 5.56 Å². The van der Waals surface area contributed by atoms with Gasteiger partial charge in [-0.05, 0) is 37.3 Å². The number of carbonyl (C=O) groups is 2. The Bertz CT molecular complexity index is 1150. The molecule has 0 aliphatic rings. The SMILES string of the molecule is CCC(=O)Nc1ccccc1-c1nnc(SC(C)C(=O)Nc2ccc(F)cc2)[nH]c1=O. The smallest absolute Gasteiger partial charge is 0.278 e. The average molecular weight is 441 g/mol.